The second-order valence-electron chi connectivity index (χ2n) is 11.2. The summed E-state index contributed by atoms with van der Waals surface area (Å²) in [5.41, 5.74) is 3.04. The molecule has 11 heteroatoms. The number of hydrogen-bond acceptors (Lipinski definition) is 6. The van der Waals surface area contributed by atoms with Crippen LogP contribution in [0.1, 0.15) is 57.9 Å². The number of nitrogens with one attached hydrogen (secondary N) is 1. The number of carbonyl (C=O) groups is 2. The topological polar surface area (TPSA) is 71.5 Å². The van der Waals surface area contributed by atoms with Gasteiger partial charge in [-0.3, -0.25) is 15.0 Å². The van der Waals surface area contributed by atoms with Crippen molar-refractivity contribution in [1.29, 1.82) is 0 Å². The highest BCUT2D eigenvalue weighted by molar-refractivity contribution is 5.91. The van der Waals surface area contributed by atoms with Crippen LogP contribution in [0.15, 0.2) is 29.4 Å². The van der Waals surface area contributed by atoms with Gasteiger partial charge >= 0.3 is 6.18 Å². The van der Waals surface area contributed by atoms with E-state index in [1.807, 2.05) is 9.80 Å². The van der Waals surface area contributed by atoms with Crippen LogP contribution in [0.25, 0.3) is 0 Å². The molecule has 1 N–H and O–H groups in total. The van der Waals surface area contributed by atoms with E-state index in [2.05, 4.69) is 29.3 Å². The number of carbonyl (C=O) groups excluding carboxylic acids is 2. The zero-order valence-electron chi connectivity index (χ0n) is 22.1. The molecule has 1 saturated carbocycles. The number of halogens is 3. The van der Waals surface area contributed by atoms with E-state index in [1.54, 1.807) is 11.0 Å². The van der Waals surface area contributed by atoms with Crippen molar-refractivity contribution in [2.45, 2.75) is 70.9 Å². The highest BCUT2D eigenvalue weighted by atomic mass is 19.4. The number of fused-ring (bicyclic) bond motifs is 3. The second kappa shape index (κ2) is 10.6. The summed E-state index contributed by atoms with van der Waals surface area (Å²) in [4.78, 5) is 34.3. The summed E-state index contributed by atoms with van der Waals surface area (Å²) in [7, 11) is 0. The van der Waals surface area contributed by atoms with Crippen LogP contribution in [-0.4, -0.2) is 77.4 Å². The summed E-state index contributed by atoms with van der Waals surface area (Å²) in [6.45, 7) is 6.77. The van der Waals surface area contributed by atoms with Gasteiger partial charge < -0.3 is 19.6 Å². The molecule has 3 heterocycles. The molecule has 2 amide bonds. The summed E-state index contributed by atoms with van der Waals surface area (Å²) in [6, 6.07) is 5.46. The first-order chi connectivity index (χ1) is 18.1. The molecule has 3 unspecified atom stereocenters. The van der Waals surface area contributed by atoms with Gasteiger partial charge in [-0.15, -0.1) is 0 Å². The Morgan fingerprint density at radius 2 is 1.87 bits per heavy atom. The third-order valence-corrected chi connectivity index (χ3v) is 8.15. The Balaban J connectivity index is 1.18. The number of piperazine rings is 1. The molecule has 0 radical (unpaired) electrons. The fourth-order valence-corrected chi connectivity index (χ4v) is 6.29. The maximum absolute atomic E-state index is 13.3. The minimum Gasteiger partial charge on any atom is -0.368 e. The van der Waals surface area contributed by atoms with Crippen LogP contribution in [0.2, 0.25) is 0 Å². The molecule has 0 aromatic heterocycles. The van der Waals surface area contributed by atoms with Crippen molar-refractivity contribution in [2.75, 3.05) is 37.6 Å². The smallest absolute Gasteiger partial charge is 0.368 e. The predicted octanol–water partition coefficient (Wildman–Crippen LogP) is 3.69. The number of nitrogens with zero attached hydrogens (tertiary/aromatic N) is 5. The van der Waals surface area contributed by atoms with E-state index in [-0.39, 0.29) is 30.1 Å². The lowest BCUT2D eigenvalue weighted by Gasteiger charge is -2.51. The quantitative estimate of drug-likeness (QED) is 0.603. The monoisotopic (exact) mass is 534 g/mol. The molecule has 3 atom stereocenters. The predicted molar refractivity (Wildman–Crippen MR) is 138 cm³/mol. The van der Waals surface area contributed by atoms with Crippen molar-refractivity contribution in [3.05, 3.63) is 29.8 Å². The first-order valence-corrected chi connectivity index (χ1v) is 13.7. The van der Waals surface area contributed by atoms with E-state index in [1.165, 1.54) is 12.1 Å². The van der Waals surface area contributed by atoms with Gasteiger partial charge in [-0.1, -0.05) is 32.8 Å². The van der Waals surface area contributed by atoms with E-state index < -0.39 is 11.7 Å². The van der Waals surface area contributed by atoms with Gasteiger partial charge in [-0.25, -0.2) is 0 Å². The molecule has 0 spiro atoms. The zero-order valence-corrected chi connectivity index (χ0v) is 22.1. The van der Waals surface area contributed by atoms with Crippen LogP contribution in [0.5, 0.6) is 0 Å². The summed E-state index contributed by atoms with van der Waals surface area (Å²) in [6.07, 6.45) is 0.126. The highest BCUT2D eigenvalue weighted by Gasteiger charge is 2.50. The molecule has 38 heavy (non-hydrogen) atoms. The van der Waals surface area contributed by atoms with E-state index in [4.69, 9.17) is 0 Å². The van der Waals surface area contributed by atoms with Crippen LogP contribution in [0.4, 0.5) is 18.9 Å². The Morgan fingerprint density at radius 1 is 1.13 bits per heavy atom. The number of hydrazone groups is 1. The third kappa shape index (κ3) is 5.29. The lowest BCUT2D eigenvalue weighted by molar-refractivity contribution is -0.156. The van der Waals surface area contributed by atoms with Crippen LogP contribution in [0.3, 0.4) is 0 Å². The Labute approximate surface area is 221 Å². The van der Waals surface area contributed by atoms with Crippen molar-refractivity contribution in [3.8, 4) is 0 Å². The van der Waals surface area contributed by atoms with E-state index in [9.17, 15) is 22.8 Å². The van der Waals surface area contributed by atoms with Crippen molar-refractivity contribution >= 4 is 23.3 Å². The third-order valence-electron chi connectivity index (χ3n) is 8.15. The molecule has 1 aromatic carbocycles. The zero-order chi connectivity index (χ0) is 27.0. The second-order valence-corrected chi connectivity index (χ2v) is 11.2. The van der Waals surface area contributed by atoms with E-state index >= 15 is 0 Å². The fraction of sp³-hybridized carbons (Fsp3) is 0.667. The maximum Gasteiger partial charge on any atom is 0.416 e. The van der Waals surface area contributed by atoms with Crippen LogP contribution in [-0.2, 0) is 15.8 Å². The number of hydrogen-bond donors (Lipinski definition) is 1. The minimum atomic E-state index is -4.38. The summed E-state index contributed by atoms with van der Waals surface area (Å²) < 4.78 is 39.3. The average Bonchev–Trinajstić information content (AvgIpc) is 3.33. The lowest BCUT2D eigenvalue weighted by Crippen LogP contribution is -2.67. The van der Waals surface area contributed by atoms with Gasteiger partial charge in [0.05, 0.1) is 11.5 Å². The van der Waals surface area contributed by atoms with Gasteiger partial charge in [0.15, 0.2) is 6.29 Å². The molecule has 5 rings (SSSR count). The Bertz CT molecular complexity index is 1070. The van der Waals surface area contributed by atoms with Gasteiger partial charge in [-0.2, -0.15) is 18.3 Å². The van der Waals surface area contributed by atoms with Crippen molar-refractivity contribution < 1.29 is 22.8 Å². The summed E-state index contributed by atoms with van der Waals surface area (Å²) in [5, 5.41) is 4.59. The Kier molecular flexibility index (Phi) is 7.46. The SMILES string of the molecule is CC(C)CN1C(=O)C2CCCCC2N2C(CCC(=O)N3CCN(c4cccc(C(F)(F)F)c4)CC3)=NNC12. The average molecular weight is 535 g/mol. The van der Waals surface area contributed by atoms with E-state index in [0.717, 1.165) is 37.6 Å². The molecule has 8 nitrogen and oxygen atoms in total. The molecule has 3 fully saturated rings. The van der Waals surface area contributed by atoms with Crippen LogP contribution < -0.4 is 10.3 Å². The summed E-state index contributed by atoms with van der Waals surface area (Å²) in [5.74, 6) is 1.38. The number of benzene rings is 1. The first-order valence-electron chi connectivity index (χ1n) is 13.7. The number of anilines is 1. The molecule has 3 aliphatic heterocycles. The van der Waals surface area contributed by atoms with E-state index in [0.29, 0.717) is 57.2 Å². The number of amides is 2. The molecule has 1 aliphatic carbocycles. The molecular weight excluding hydrogens is 497 g/mol. The summed E-state index contributed by atoms with van der Waals surface area (Å²) >= 11 is 0. The van der Waals surface area contributed by atoms with Crippen molar-refractivity contribution in [3.63, 3.8) is 0 Å². The van der Waals surface area contributed by atoms with Crippen molar-refractivity contribution in [1.82, 2.24) is 20.1 Å². The largest absolute Gasteiger partial charge is 0.416 e. The van der Waals surface area contributed by atoms with Gasteiger partial charge in [-0.05, 0) is 37.0 Å². The van der Waals surface area contributed by atoms with Crippen LogP contribution >= 0.6 is 0 Å². The highest BCUT2D eigenvalue weighted by Crippen LogP contribution is 2.38. The number of alkyl halides is 3. The van der Waals surface area contributed by atoms with Crippen LogP contribution in [0, 0.1) is 11.8 Å². The van der Waals surface area contributed by atoms with Gasteiger partial charge in [0.1, 0.15) is 5.84 Å². The molecule has 208 valence electrons. The first kappa shape index (κ1) is 26.6. The molecule has 1 aromatic rings. The number of rotatable bonds is 6. The number of amidine groups is 1. The molecule has 2 saturated heterocycles. The Morgan fingerprint density at radius 3 is 2.58 bits per heavy atom. The fourth-order valence-electron chi connectivity index (χ4n) is 6.29. The standard InChI is InChI=1S/C27H37F3N6O2/c1-18(2)17-35-25(38)21-8-3-4-9-22(21)36-23(31-32-26(35)36)10-11-24(37)34-14-12-33(13-15-34)20-7-5-6-19(16-20)27(28,29)30/h5-7,16,18,21-22,26,32H,3-4,8-15,17H2,1-2H3. The lowest BCUT2D eigenvalue weighted by atomic mass is 9.80. The Hall–Kier alpha value is -2.98. The van der Waals surface area contributed by atoms with Gasteiger partial charge in [0.25, 0.3) is 0 Å². The van der Waals surface area contributed by atoms with Gasteiger partial charge in [0, 0.05) is 57.3 Å². The molecular formula is C27H37F3N6O2. The minimum absolute atomic E-state index is 0.0205. The molecule has 4 aliphatic rings. The molecule has 0 bridgehead atoms. The maximum atomic E-state index is 13.3. The normalized spacial score (nSPS) is 25.8. The van der Waals surface area contributed by atoms with Gasteiger partial charge in [0.2, 0.25) is 11.8 Å². The van der Waals surface area contributed by atoms with Crippen molar-refractivity contribution in [2.24, 2.45) is 16.9 Å².